The smallest absolute Gasteiger partial charge is 0.298 e. The Bertz CT molecular complexity index is 549. The number of aromatic nitrogens is 2. The monoisotopic (exact) mass is 236 g/mol. The number of benzene rings is 1. The normalized spacial score (nSPS) is 10.8. The third-order valence-electron chi connectivity index (χ3n) is 2.51. The number of hydrogen-bond acceptors (Lipinski definition) is 2. The van der Waals surface area contributed by atoms with Crippen LogP contribution in [0.1, 0.15) is 22.5 Å². The van der Waals surface area contributed by atoms with Gasteiger partial charge in [-0.1, -0.05) is 12.1 Å². The number of hydrogen-bond donors (Lipinski definition) is 0. The van der Waals surface area contributed by atoms with Gasteiger partial charge < -0.3 is 0 Å². The third-order valence-corrected chi connectivity index (χ3v) is 2.51. The summed E-state index contributed by atoms with van der Waals surface area (Å²) < 4.78 is 25.4. The van der Waals surface area contributed by atoms with Gasteiger partial charge in [0, 0.05) is 17.3 Å². The van der Waals surface area contributed by atoms with Gasteiger partial charge >= 0.3 is 6.55 Å². The fraction of sp³-hybridized carbons (Fsp3) is 0.167. The number of alkyl halides is 2. The van der Waals surface area contributed by atoms with E-state index in [4.69, 9.17) is 0 Å². The highest BCUT2D eigenvalue weighted by Crippen LogP contribution is 2.25. The molecule has 0 spiro atoms. The molecule has 1 aromatic carbocycles. The first kappa shape index (κ1) is 11.4. The van der Waals surface area contributed by atoms with Gasteiger partial charge in [0.1, 0.15) is 6.29 Å². The van der Waals surface area contributed by atoms with Gasteiger partial charge in [-0.25, -0.2) is 4.68 Å². The molecule has 0 aliphatic carbocycles. The Labute approximate surface area is 96.7 Å². The Kier molecular flexibility index (Phi) is 2.99. The van der Waals surface area contributed by atoms with Crippen molar-refractivity contribution in [2.75, 3.05) is 0 Å². The van der Waals surface area contributed by atoms with Crippen molar-refractivity contribution in [1.82, 2.24) is 9.78 Å². The maximum atomic E-state index is 12.4. The van der Waals surface area contributed by atoms with Crippen LogP contribution in [0, 0.1) is 6.92 Å². The summed E-state index contributed by atoms with van der Waals surface area (Å²) >= 11 is 0. The molecule has 0 N–H and O–H groups in total. The fourth-order valence-corrected chi connectivity index (χ4v) is 1.61. The topological polar surface area (TPSA) is 34.9 Å². The molecule has 5 heteroatoms. The number of aldehydes is 1. The molecule has 0 unspecified atom stereocenters. The molecule has 0 aliphatic heterocycles. The first-order valence-electron chi connectivity index (χ1n) is 5.00. The molecule has 0 amide bonds. The second-order valence-electron chi connectivity index (χ2n) is 3.68. The molecule has 88 valence electrons. The molecule has 0 fully saturated rings. The summed E-state index contributed by atoms with van der Waals surface area (Å²) in [5, 5.41) is 3.57. The quantitative estimate of drug-likeness (QED) is 0.767. The van der Waals surface area contributed by atoms with Crippen molar-refractivity contribution >= 4 is 6.29 Å². The molecule has 0 bridgehead atoms. The Morgan fingerprint density at radius 1 is 1.41 bits per heavy atom. The lowest BCUT2D eigenvalue weighted by atomic mass is 10.0. The highest BCUT2D eigenvalue weighted by molar-refractivity contribution is 5.79. The third kappa shape index (κ3) is 2.22. The standard InChI is InChI=1S/C12H10F2N2O/c1-8-2-3-9(7-17)4-11(8)10-5-15-16(6-10)12(13)14/h2-7,12H,1H3. The van der Waals surface area contributed by atoms with E-state index in [1.54, 1.807) is 18.2 Å². The lowest BCUT2D eigenvalue weighted by Gasteiger charge is -2.03. The van der Waals surface area contributed by atoms with Crippen LogP contribution in [-0.2, 0) is 0 Å². The largest absolute Gasteiger partial charge is 0.333 e. The summed E-state index contributed by atoms with van der Waals surface area (Å²) in [6.07, 6.45) is 3.35. The number of aryl methyl sites for hydroxylation is 1. The summed E-state index contributed by atoms with van der Waals surface area (Å²) in [6.45, 7) is -0.804. The molecule has 0 aliphatic rings. The SMILES string of the molecule is Cc1ccc(C=O)cc1-c1cnn(C(F)F)c1. The summed E-state index contributed by atoms with van der Waals surface area (Å²) in [6, 6.07) is 5.12. The maximum Gasteiger partial charge on any atom is 0.333 e. The van der Waals surface area contributed by atoms with E-state index in [1.807, 2.05) is 6.92 Å². The van der Waals surface area contributed by atoms with Crippen molar-refractivity contribution < 1.29 is 13.6 Å². The molecule has 0 saturated heterocycles. The van der Waals surface area contributed by atoms with Crippen molar-refractivity contribution in [3.63, 3.8) is 0 Å². The van der Waals surface area contributed by atoms with Gasteiger partial charge in [-0.2, -0.15) is 13.9 Å². The molecule has 0 radical (unpaired) electrons. The van der Waals surface area contributed by atoms with Crippen LogP contribution in [0.2, 0.25) is 0 Å². The van der Waals surface area contributed by atoms with E-state index in [9.17, 15) is 13.6 Å². The zero-order chi connectivity index (χ0) is 12.4. The number of nitrogens with zero attached hydrogens (tertiary/aromatic N) is 2. The lowest BCUT2D eigenvalue weighted by molar-refractivity contribution is 0.0566. The van der Waals surface area contributed by atoms with Crippen LogP contribution in [0.4, 0.5) is 8.78 Å². The van der Waals surface area contributed by atoms with Gasteiger partial charge in [0.15, 0.2) is 0 Å². The van der Waals surface area contributed by atoms with Gasteiger partial charge in [0.05, 0.1) is 6.20 Å². The fourth-order valence-electron chi connectivity index (χ4n) is 1.61. The van der Waals surface area contributed by atoms with Gasteiger partial charge in [-0.3, -0.25) is 4.79 Å². The Balaban J connectivity index is 2.47. The highest BCUT2D eigenvalue weighted by atomic mass is 19.3. The number of carbonyl (C=O) groups excluding carboxylic acids is 1. The minimum absolute atomic E-state index is 0.510. The average molecular weight is 236 g/mol. The molecule has 1 aromatic heterocycles. The van der Waals surface area contributed by atoms with Crippen LogP contribution in [0.25, 0.3) is 11.1 Å². The van der Waals surface area contributed by atoms with E-state index < -0.39 is 6.55 Å². The summed E-state index contributed by atoms with van der Waals surface area (Å²) in [5.74, 6) is 0. The maximum absolute atomic E-state index is 12.4. The van der Waals surface area contributed by atoms with Crippen LogP contribution in [-0.4, -0.2) is 16.1 Å². The van der Waals surface area contributed by atoms with Crippen molar-refractivity contribution in [2.24, 2.45) is 0 Å². The van der Waals surface area contributed by atoms with Gasteiger partial charge in [0.2, 0.25) is 0 Å². The number of carbonyl (C=O) groups is 1. The Hall–Kier alpha value is -2.04. The van der Waals surface area contributed by atoms with Gasteiger partial charge in [-0.05, 0) is 24.1 Å². The molecular formula is C12H10F2N2O. The lowest BCUT2D eigenvalue weighted by Crippen LogP contribution is -1.96. The van der Waals surface area contributed by atoms with Crippen LogP contribution < -0.4 is 0 Å². The summed E-state index contributed by atoms with van der Waals surface area (Å²) in [4.78, 5) is 10.7. The minimum atomic E-state index is -2.65. The van der Waals surface area contributed by atoms with E-state index in [-0.39, 0.29) is 0 Å². The molecule has 2 aromatic rings. The molecule has 0 atom stereocenters. The van der Waals surface area contributed by atoms with E-state index >= 15 is 0 Å². The predicted octanol–water partition coefficient (Wildman–Crippen LogP) is 3.07. The van der Waals surface area contributed by atoms with E-state index in [2.05, 4.69) is 5.10 Å². The highest BCUT2D eigenvalue weighted by Gasteiger charge is 2.10. The summed E-state index contributed by atoms with van der Waals surface area (Å²) in [7, 11) is 0. The van der Waals surface area contributed by atoms with E-state index in [0.717, 1.165) is 17.4 Å². The molecule has 2 rings (SSSR count). The average Bonchev–Trinajstić information content (AvgIpc) is 2.79. The van der Waals surface area contributed by atoms with Gasteiger partial charge in [-0.15, -0.1) is 0 Å². The van der Waals surface area contributed by atoms with Crippen molar-refractivity contribution in [2.45, 2.75) is 13.5 Å². The second-order valence-corrected chi connectivity index (χ2v) is 3.68. The van der Waals surface area contributed by atoms with Gasteiger partial charge in [0.25, 0.3) is 0 Å². The first-order valence-corrected chi connectivity index (χ1v) is 5.00. The first-order chi connectivity index (χ1) is 8.11. The number of halogens is 2. The molecular weight excluding hydrogens is 226 g/mol. The van der Waals surface area contributed by atoms with Crippen molar-refractivity contribution in [3.8, 4) is 11.1 Å². The summed E-state index contributed by atoms with van der Waals surface area (Å²) in [5.41, 5.74) is 2.73. The molecule has 17 heavy (non-hydrogen) atoms. The zero-order valence-electron chi connectivity index (χ0n) is 9.10. The predicted molar refractivity (Wildman–Crippen MR) is 59.0 cm³/mol. The molecule has 0 saturated carbocycles. The minimum Gasteiger partial charge on any atom is -0.298 e. The van der Waals surface area contributed by atoms with Crippen LogP contribution in [0.15, 0.2) is 30.6 Å². The van der Waals surface area contributed by atoms with Crippen LogP contribution >= 0.6 is 0 Å². The van der Waals surface area contributed by atoms with Crippen molar-refractivity contribution in [3.05, 3.63) is 41.7 Å². The van der Waals surface area contributed by atoms with E-state index in [1.165, 1.54) is 12.4 Å². The Morgan fingerprint density at radius 2 is 2.18 bits per heavy atom. The van der Waals surface area contributed by atoms with Crippen molar-refractivity contribution in [1.29, 1.82) is 0 Å². The van der Waals surface area contributed by atoms with Crippen LogP contribution in [0.5, 0.6) is 0 Å². The van der Waals surface area contributed by atoms with E-state index in [0.29, 0.717) is 15.8 Å². The molecule has 3 nitrogen and oxygen atoms in total. The second kappa shape index (κ2) is 4.45. The molecule has 1 heterocycles. The number of rotatable bonds is 3. The van der Waals surface area contributed by atoms with Crippen LogP contribution in [0.3, 0.4) is 0 Å². The zero-order valence-corrected chi connectivity index (χ0v) is 9.10. The Morgan fingerprint density at radius 3 is 2.76 bits per heavy atom.